The third-order valence-electron chi connectivity index (χ3n) is 15.4. The van der Waals surface area contributed by atoms with Gasteiger partial charge in [0.25, 0.3) is 0 Å². The van der Waals surface area contributed by atoms with Gasteiger partial charge in [0.05, 0.1) is 27.8 Å². The van der Waals surface area contributed by atoms with Gasteiger partial charge >= 0.3 is 0 Å². The molecule has 0 N–H and O–H groups in total. The highest BCUT2D eigenvalue weighted by Gasteiger charge is 2.49. The monoisotopic (exact) mass is 874 g/mol. The van der Waals surface area contributed by atoms with Crippen molar-refractivity contribution in [3.8, 4) is 39.1 Å². The summed E-state index contributed by atoms with van der Waals surface area (Å²) in [6, 6.07) is 95.3. The van der Waals surface area contributed by atoms with E-state index in [1.165, 1.54) is 110 Å². The number of hydrogen-bond acceptors (Lipinski definition) is 1. The first-order valence-corrected chi connectivity index (χ1v) is 24.0. The average Bonchev–Trinajstić information content (AvgIpc) is 3.75. The number of para-hydroxylation sites is 2. The van der Waals surface area contributed by atoms with Crippen LogP contribution in [0.2, 0.25) is 0 Å². The Morgan fingerprint density at radius 1 is 0.304 bits per heavy atom. The lowest BCUT2D eigenvalue weighted by Crippen LogP contribution is -2.36. The van der Waals surface area contributed by atoms with Gasteiger partial charge in [-0.15, -0.1) is 0 Å². The van der Waals surface area contributed by atoms with E-state index >= 15 is 0 Å². The highest BCUT2D eigenvalue weighted by atomic mass is 15.1. The Kier molecular flexibility index (Phi) is 8.02. The van der Waals surface area contributed by atoms with Crippen LogP contribution in [0.25, 0.3) is 93.2 Å². The molecule has 2 aliphatic rings. The molecule has 2 heteroatoms. The van der Waals surface area contributed by atoms with Crippen LogP contribution in [0.15, 0.2) is 255 Å². The van der Waals surface area contributed by atoms with Gasteiger partial charge in [0.1, 0.15) is 0 Å². The van der Waals surface area contributed by atoms with Crippen LogP contribution in [-0.4, -0.2) is 4.57 Å². The van der Waals surface area contributed by atoms with Crippen molar-refractivity contribution in [2.45, 2.75) is 5.41 Å². The summed E-state index contributed by atoms with van der Waals surface area (Å²) in [5.74, 6) is 0. The molecule has 0 radical (unpaired) electrons. The molecule has 0 bridgehead atoms. The van der Waals surface area contributed by atoms with Crippen LogP contribution in [0.3, 0.4) is 0 Å². The van der Waals surface area contributed by atoms with Gasteiger partial charge in [0, 0.05) is 32.9 Å². The van der Waals surface area contributed by atoms with Gasteiger partial charge in [0.15, 0.2) is 0 Å². The maximum Gasteiger partial charge on any atom is 0.0726 e. The third kappa shape index (κ3) is 5.26. The van der Waals surface area contributed by atoms with Gasteiger partial charge in [-0.2, -0.15) is 0 Å². The maximum absolute atomic E-state index is 2.53. The number of nitrogens with zero attached hydrogens (tertiary/aromatic N) is 2. The van der Waals surface area contributed by atoms with Gasteiger partial charge in [0.2, 0.25) is 0 Å². The van der Waals surface area contributed by atoms with E-state index < -0.39 is 5.41 Å². The number of fused-ring (bicyclic) bond motifs is 12. The largest absolute Gasteiger partial charge is 0.309 e. The molecule has 1 aromatic heterocycles. The Morgan fingerprint density at radius 3 is 1.77 bits per heavy atom. The van der Waals surface area contributed by atoms with Gasteiger partial charge in [-0.25, -0.2) is 0 Å². The van der Waals surface area contributed by atoms with Crippen LogP contribution in [0.1, 0.15) is 22.3 Å². The van der Waals surface area contributed by atoms with Gasteiger partial charge in [-0.3, -0.25) is 0 Å². The molecule has 1 unspecified atom stereocenters. The molecule has 320 valence electrons. The first-order chi connectivity index (χ1) is 34.3. The average molecular weight is 875 g/mol. The van der Waals surface area contributed by atoms with E-state index in [2.05, 4.69) is 264 Å². The maximum atomic E-state index is 2.53. The van der Waals surface area contributed by atoms with E-state index in [0.717, 1.165) is 22.7 Å². The number of rotatable bonds is 5. The van der Waals surface area contributed by atoms with Crippen molar-refractivity contribution in [1.29, 1.82) is 0 Å². The molecule has 1 atom stereocenters. The summed E-state index contributed by atoms with van der Waals surface area (Å²) in [5, 5.41) is 9.95. The number of anilines is 3. The minimum atomic E-state index is -0.629. The second-order valence-corrected chi connectivity index (χ2v) is 18.7. The molecule has 69 heavy (non-hydrogen) atoms. The minimum Gasteiger partial charge on any atom is -0.309 e. The molecule has 13 aromatic rings. The summed E-state index contributed by atoms with van der Waals surface area (Å²) in [6.07, 6.45) is 0. The second-order valence-electron chi connectivity index (χ2n) is 18.7. The van der Waals surface area contributed by atoms with Crippen molar-refractivity contribution in [3.63, 3.8) is 0 Å². The predicted octanol–water partition coefficient (Wildman–Crippen LogP) is 17.7. The Labute approximate surface area is 400 Å². The van der Waals surface area contributed by atoms with Crippen LogP contribution in [0.4, 0.5) is 17.1 Å². The number of hydrogen-bond donors (Lipinski definition) is 0. The molecule has 15 rings (SSSR count). The molecule has 1 spiro atoms. The highest BCUT2D eigenvalue weighted by Crippen LogP contribution is 2.62. The quantitative estimate of drug-likeness (QED) is 0.167. The zero-order chi connectivity index (χ0) is 45.2. The van der Waals surface area contributed by atoms with Crippen molar-refractivity contribution in [2.75, 3.05) is 4.90 Å². The molecular formula is C67H42N2. The lowest BCUT2D eigenvalue weighted by Gasteiger charge is -2.46. The smallest absolute Gasteiger partial charge is 0.0726 e. The zero-order valence-corrected chi connectivity index (χ0v) is 37.6. The van der Waals surface area contributed by atoms with Gasteiger partial charge < -0.3 is 9.47 Å². The van der Waals surface area contributed by atoms with E-state index in [1.54, 1.807) is 0 Å². The van der Waals surface area contributed by atoms with E-state index in [9.17, 15) is 0 Å². The van der Waals surface area contributed by atoms with Crippen LogP contribution in [0.5, 0.6) is 0 Å². The molecule has 2 aliphatic carbocycles. The first-order valence-electron chi connectivity index (χ1n) is 24.0. The summed E-state index contributed by atoms with van der Waals surface area (Å²) in [7, 11) is 0. The molecule has 0 saturated heterocycles. The number of benzene rings is 12. The predicted molar refractivity (Wildman–Crippen MR) is 290 cm³/mol. The van der Waals surface area contributed by atoms with Crippen LogP contribution >= 0.6 is 0 Å². The first kappa shape index (κ1) is 38.2. The Hall–Kier alpha value is -8.98. The fourth-order valence-electron chi connectivity index (χ4n) is 12.6. The molecule has 12 aromatic carbocycles. The summed E-state index contributed by atoms with van der Waals surface area (Å²) >= 11 is 0. The molecule has 0 saturated carbocycles. The molecule has 1 heterocycles. The molecule has 0 fully saturated rings. The summed E-state index contributed by atoms with van der Waals surface area (Å²) in [6.45, 7) is 0. The molecule has 0 amide bonds. The molecule has 0 aliphatic heterocycles. The lowest BCUT2D eigenvalue weighted by atomic mass is 9.55. The Morgan fingerprint density at radius 2 is 0.884 bits per heavy atom. The van der Waals surface area contributed by atoms with Crippen molar-refractivity contribution in [1.82, 2.24) is 4.57 Å². The standard InChI is InChI=1S/C67H42N2/c1-3-17-43(18-4-1)46-35-37-51-54-28-13-21-45-22-14-31-58(65(45)54)67(60(51)41-46)57-30-11-9-26-50(57)55-39-40-63(56-29-16-32-59(67)66(55)56)69(61-34-15-20-44-19-7-8-25-49(44)61)48-36-38-53-52-27-10-12-33-62(52)68(64(53)42-48)47-23-5-2-6-24-47/h1-42H. The Bertz CT molecular complexity index is 4250. The van der Waals surface area contributed by atoms with Crippen LogP contribution < -0.4 is 4.90 Å². The second kappa shape index (κ2) is 14.5. The SMILES string of the molecule is c1ccc(-c2ccc3c(c2)C2(c4ccccc4-c4ccc(N(c5ccc6c7ccccc7n(-c7ccccc7)c6c5)c5cccc6ccccc56)c5cccc2c45)c2cccc4cccc-3c24)cc1. The van der Waals surface area contributed by atoms with Crippen LogP contribution in [0, 0.1) is 0 Å². The van der Waals surface area contributed by atoms with Gasteiger partial charge in [-0.05, 0) is 126 Å². The fraction of sp³-hybridized carbons (Fsp3) is 0.0149. The Balaban J connectivity index is 1.07. The van der Waals surface area contributed by atoms with E-state index in [-0.39, 0.29) is 0 Å². The van der Waals surface area contributed by atoms with Crippen molar-refractivity contribution < 1.29 is 0 Å². The van der Waals surface area contributed by atoms with Crippen LogP contribution in [-0.2, 0) is 5.41 Å². The van der Waals surface area contributed by atoms with E-state index in [1.807, 2.05) is 0 Å². The normalized spacial score (nSPS) is 14.4. The van der Waals surface area contributed by atoms with Crippen molar-refractivity contribution >= 4 is 71.2 Å². The fourth-order valence-corrected chi connectivity index (χ4v) is 12.6. The zero-order valence-electron chi connectivity index (χ0n) is 37.6. The van der Waals surface area contributed by atoms with Crippen molar-refractivity contribution in [2.24, 2.45) is 0 Å². The molecular weight excluding hydrogens is 833 g/mol. The summed E-state index contributed by atoms with van der Waals surface area (Å²) in [5.41, 5.74) is 19.0. The topological polar surface area (TPSA) is 8.17 Å². The number of aromatic nitrogens is 1. The van der Waals surface area contributed by atoms with Crippen molar-refractivity contribution in [3.05, 3.63) is 277 Å². The van der Waals surface area contributed by atoms with Gasteiger partial charge in [-0.1, -0.05) is 206 Å². The highest BCUT2D eigenvalue weighted by molar-refractivity contribution is 6.16. The lowest BCUT2D eigenvalue weighted by molar-refractivity contribution is 0.755. The summed E-state index contributed by atoms with van der Waals surface area (Å²) in [4.78, 5) is 2.53. The third-order valence-corrected chi connectivity index (χ3v) is 15.4. The molecule has 2 nitrogen and oxygen atoms in total. The van der Waals surface area contributed by atoms with E-state index in [4.69, 9.17) is 0 Å². The summed E-state index contributed by atoms with van der Waals surface area (Å²) < 4.78 is 2.43. The minimum absolute atomic E-state index is 0.629. The van der Waals surface area contributed by atoms with E-state index in [0.29, 0.717) is 0 Å².